The fourth-order valence-corrected chi connectivity index (χ4v) is 1.33. The molecule has 0 spiro atoms. The predicted octanol–water partition coefficient (Wildman–Crippen LogP) is 4.02. The molecule has 0 atom stereocenters. The van der Waals surface area contributed by atoms with Crippen LogP contribution in [0.5, 0.6) is 5.75 Å². The lowest BCUT2D eigenvalue weighted by molar-refractivity contribution is -0.153. The number of hydrogen-bond acceptors (Lipinski definition) is 1. The van der Waals surface area contributed by atoms with Gasteiger partial charge in [-0.15, -0.1) is 11.6 Å². The summed E-state index contributed by atoms with van der Waals surface area (Å²) in [4.78, 5) is 0. The molecule has 0 radical (unpaired) electrons. The average Bonchev–Trinajstić information content (AvgIpc) is 2.14. The minimum Gasteiger partial charge on any atom is -0.483 e. The molecule has 6 heteroatoms. The van der Waals surface area contributed by atoms with Crippen LogP contribution in [0.1, 0.15) is 5.56 Å². The number of halogens is 5. The van der Waals surface area contributed by atoms with Gasteiger partial charge in [0.25, 0.3) is 0 Å². The zero-order valence-electron chi connectivity index (χ0n) is 7.44. The Bertz CT molecular complexity index is 339. The maximum atomic E-state index is 11.8. The topological polar surface area (TPSA) is 9.23 Å². The summed E-state index contributed by atoms with van der Waals surface area (Å²) in [6.45, 7) is -1.35. The van der Waals surface area contributed by atoms with E-state index in [-0.39, 0.29) is 16.7 Å². The summed E-state index contributed by atoms with van der Waals surface area (Å²) in [5.41, 5.74) is 0.723. The van der Waals surface area contributed by atoms with Gasteiger partial charge in [0, 0.05) is 5.88 Å². The second-order valence-electron chi connectivity index (χ2n) is 2.80. The Hall–Kier alpha value is -0.610. The summed E-state index contributed by atoms with van der Waals surface area (Å²) in [7, 11) is 0. The summed E-state index contributed by atoms with van der Waals surface area (Å²) < 4.78 is 40.0. The highest BCUT2D eigenvalue weighted by atomic mass is 35.5. The van der Waals surface area contributed by atoms with Crippen LogP contribution >= 0.6 is 23.2 Å². The molecule has 0 aliphatic heterocycles. The van der Waals surface area contributed by atoms with Crippen molar-refractivity contribution in [2.24, 2.45) is 0 Å². The highest BCUT2D eigenvalue weighted by Gasteiger charge is 2.28. The zero-order valence-corrected chi connectivity index (χ0v) is 8.96. The van der Waals surface area contributed by atoms with Crippen LogP contribution in [0, 0.1) is 0 Å². The molecule has 0 unspecified atom stereocenters. The van der Waals surface area contributed by atoms with Crippen LogP contribution in [0.4, 0.5) is 13.2 Å². The second kappa shape index (κ2) is 4.94. The molecule has 0 aliphatic rings. The van der Waals surface area contributed by atoms with Gasteiger partial charge in [-0.2, -0.15) is 13.2 Å². The van der Waals surface area contributed by atoms with Crippen LogP contribution in [-0.2, 0) is 5.88 Å². The first-order valence-electron chi connectivity index (χ1n) is 3.96. The zero-order chi connectivity index (χ0) is 11.5. The van der Waals surface area contributed by atoms with Crippen LogP contribution in [0.3, 0.4) is 0 Å². The molecule has 0 amide bonds. The first-order chi connectivity index (χ1) is 6.92. The molecule has 0 bridgehead atoms. The number of ether oxygens (including phenoxy) is 1. The fourth-order valence-electron chi connectivity index (χ4n) is 0.904. The van der Waals surface area contributed by atoms with Gasteiger partial charge < -0.3 is 4.74 Å². The second-order valence-corrected chi connectivity index (χ2v) is 3.48. The third-order valence-corrected chi connectivity index (χ3v) is 2.15. The maximum absolute atomic E-state index is 11.8. The van der Waals surface area contributed by atoms with Gasteiger partial charge in [0.05, 0.1) is 5.02 Å². The predicted molar refractivity (Wildman–Crippen MR) is 52.6 cm³/mol. The Kier molecular flexibility index (Phi) is 4.11. The normalized spacial score (nSPS) is 11.5. The molecule has 0 saturated carbocycles. The van der Waals surface area contributed by atoms with Gasteiger partial charge in [-0.25, -0.2) is 0 Å². The lowest BCUT2D eigenvalue weighted by Crippen LogP contribution is -2.19. The molecule has 1 rings (SSSR count). The standard InChI is InChI=1S/C9H7Cl2F3O/c10-4-6-1-2-8(7(11)3-6)15-5-9(12,13)14/h1-3H,4-5H2. The molecule has 15 heavy (non-hydrogen) atoms. The number of hydrogen-bond donors (Lipinski definition) is 0. The van der Waals surface area contributed by atoms with Crippen molar-refractivity contribution < 1.29 is 17.9 Å². The van der Waals surface area contributed by atoms with Crippen molar-refractivity contribution in [3.05, 3.63) is 28.8 Å². The van der Waals surface area contributed by atoms with Crippen LogP contribution < -0.4 is 4.74 Å². The fraction of sp³-hybridized carbons (Fsp3) is 0.333. The minimum absolute atomic E-state index is 0.00265. The smallest absolute Gasteiger partial charge is 0.422 e. The van der Waals surface area contributed by atoms with Crippen molar-refractivity contribution >= 4 is 23.2 Å². The van der Waals surface area contributed by atoms with E-state index < -0.39 is 12.8 Å². The van der Waals surface area contributed by atoms with E-state index >= 15 is 0 Å². The summed E-state index contributed by atoms with van der Waals surface area (Å²) in [6, 6.07) is 4.40. The van der Waals surface area contributed by atoms with Crippen molar-refractivity contribution in [2.75, 3.05) is 6.61 Å². The van der Waals surface area contributed by atoms with E-state index in [4.69, 9.17) is 23.2 Å². The largest absolute Gasteiger partial charge is 0.483 e. The van der Waals surface area contributed by atoms with Crippen LogP contribution in [-0.4, -0.2) is 12.8 Å². The van der Waals surface area contributed by atoms with Gasteiger partial charge in [-0.05, 0) is 17.7 Å². The van der Waals surface area contributed by atoms with Gasteiger partial charge >= 0.3 is 6.18 Å². The van der Waals surface area contributed by atoms with Crippen LogP contribution in [0.25, 0.3) is 0 Å². The molecule has 0 fully saturated rings. The average molecular weight is 259 g/mol. The number of rotatable bonds is 3. The van der Waals surface area contributed by atoms with E-state index in [0.717, 1.165) is 5.56 Å². The van der Waals surface area contributed by atoms with Gasteiger partial charge in [0.2, 0.25) is 0 Å². The molecular formula is C9H7Cl2F3O. The molecule has 0 aliphatic carbocycles. The quantitative estimate of drug-likeness (QED) is 0.745. The van der Waals surface area contributed by atoms with Crippen LogP contribution in [0.15, 0.2) is 18.2 Å². The maximum Gasteiger partial charge on any atom is 0.422 e. The van der Waals surface area contributed by atoms with E-state index in [1.54, 1.807) is 6.07 Å². The SMILES string of the molecule is FC(F)(F)COc1ccc(CCl)cc1Cl. The molecular weight excluding hydrogens is 252 g/mol. The lowest BCUT2D eigenvalue weighted by Gasteiger charge is -2.10. The van der Waals surface area contributed by atoms with Gasteiger partial charge in [0.1, 0.15) is 5.75 Å². The van der Waals surface area contributed by atoms with Gasteiger partial charge in [-0.1, -0.05) is 17.7 Å². The highest BCUT2D eigenvalue weighted by molar-refractivity contribution is 6.32. The first-order valence-corrected chi connectivity index (χ1v) is 4.87. The third kappa shape index (κ3) is 4.18. The first kappa shape index (κ1) is 12.5. The monoisotopic (exact) mass is 258 g/mol. The molecule has 1 aromatic carbocycles. The Balaban J connectivity index is 2.70. The van der Waals surface area contributed by atoms with Crippen molar-refractivity contribution in [3.8, 4) is 5.75 Å². The third-order valence-electron chi connectivity index (χ3n) is 1.54. The van der Waals surface area contributed by atoms with Crippen LogP contribution in [0.2, 0.25) is 5.02 Å². The lowest BCUT2D eigenvalue weighted by atomic mass is 10.2. The van der Waals surface area contributed by atoms with E-state index in [9.17, 15) is 13.2 Å². The van der Waals surface area contributed by atoms with E-state index in [0.29, 0.717) is 0 Å². The van der Waals surface area contributed by atoms with Crippen molar-refractivity contribution in [1.82, 2.24) is 0 Å². The molecule has 0 saturated heterocycles. The molecule has 1 aromatic rings. The Morgan fingerprint density at radius 1 is 1.27 bits per heavy atom. The van der Waals surface area contributed by atoms with Crippen molar-refractivity contribution in [3.63, 3.8) is 0 Å². The van der Waals surface area contributed by atoms with Crippen molar-refractivity contribution in [1.29, 1.82) is 0 Å². The number of benzene rings is 1. The Morgan fingerprint density at radius 2 is 1.93 bits per heavy atom. The molecule has 84 valence electrons. The molecule has 0 heterocycles. The summed E-state index contributed by atoms with van der Waals surface area (Å²) >= 11 is 11.2. The number of alkyl halides is 4. The Morgan fingerprint density at radius 3 is 2.40 bits per heavy atom. The van der Waals surface area contributed by atoms with Gasteiger partial charge in [0.15, 0.2) is 6.61 Å². The summed E-state index contributed by atoms with van der Waals surface area (Å²) in [5.74, 6) is 0.252. The van der Waals surface area contributed by atoms with E-state index in [1.165, 1.54) is 12.1 Å². The Labute approximate surface area is 94.7 Å². The molecule has 0 N–H and O–H groups in total. The highest BCUT2D eigenvalue weighted by Crippen LogP contribution is 2.27. The van der Waals surface area contributed by atoms with Gasteiger partial charge in [-0.3, -0.25) is 0 Å². The van der Waals surface area contributed by atoms with E-state index in [1.807, 2.05) is 0 Å². The summed E-state index contributed by atoms with van der Waals surface area (Å²) in [5, 5.41) is 0.123. The summed E-state index contributed by atoms with van der Waals surface area (Å²) in [6.07, 6.45) is -4.37. The minimum atomic E-state index is -4.37. The molecule has 0 aromatic heterocycles. The van der Waals surface area contributed by atoms with E-state index in [2.05, 4.69) is 4.74 Å². The molecule has 1 nitrogen and oxygen atoms in total. The van der Waals surface area contributed by atoms with Crippen molar-refractivity contribution in [2.45, 2.75) is 12.1 Å².